The minimum atomic E-state index is -3.58. The molecule has 0 fully saturated rings. The highest BCUT2D eigenvalue weighted by Gasteiger charge is 2.28. The number of hydrogen-bond donors (Lipinski definition) is 1. The highest BCUT2D eigenvalue weighted by molar-refractivity contribution is 7.89. The lowest BCUT2D eigenvalue weighted by Crippen LogP contribution is -2.36. The number of carbonyl (C=O) groups excluding carboxylic acids is 1. The van der Waals surface area contributed by atoms with E-state index in [9.17, 15) is 13.2 Å². The Hall–Kier alpha value is -3.16. The van der Waals surface area contributed by atoms with Crippen LogP contribution < -0.4 is 10.1 Å². The second kappa shape index (κ2) is 8.30. The second-order valence-electron chi connectivity index (χ2n) is 7.21. The summed E-state index contributed by atoms with van der Waals surface area (Å²) in [7, 11) is -3.58. The number of fused-ring (bicyclic) bond motifs is 1. The van der Waals surface area contributed by atoms with Crippen LogP contribution in [0.2, 0.25) is 0 Å². The molecule has 0 radical (unpaired) electrons. The van der Waals surface area contributed by atoms with Gasteiger partial charge < -0.3 is 4.74 Å². The standard InChI is InChI=1S/C23H22N2O4S/c1-17-7-11-22(12-8-17)30(27,28)25-14-13-18-9-10-20(15-19(18)16-25)24-23(26)29-21-5-3-2-4-6-21/h2-12,15H,13-14,16H2,1H3,(H,24,26). The Morgan fingerprint density at radius 1 is 0.967 bits per heavy atom. The van der Waals surface area contributed by atoms with E-state index < -0.39 is 16.1 Å². The molecule has 3 aromatic rings. The fraction of sp³-hybridized carbons (Fsp3) is 0.174. The predicted octanol–water partition coefficient (Wildman–Crippen LogP) is 4.35. The molecule has 30 heavy (non-hydrogen) atoms. The number of hydrogen-bond acceptors (Lipinski definition) is 4. The van der Waals surface area contributed by atoms with Gasteiger partial charge in [0.05, 0.1) is 4.90 Å². The maximum absolute atomic E-state index is 13.0. The van der Waals surface area contributed by atoms with E-state index in [1.165, 1.54) is 4.31 Å². The SMILES string of the molecule is Cc1ccc(S(=O)(=O)N2CCc3ccc(NC(=O)Oc4ccccc4)cc3C2)cc1. The Bertz CT molecular complexity index is 1160. The maximum Gasteiger partial charge on any atom is 0.417 e. The van der Waals surface area contributed by atoms with Crippen molar-refractivity contribution in [3.8, 4) is 5.75 Å². The number of anilines is 1. The summed E-state index contributed by atoms with van der Waals surface area (Å²) >= 11 is 0. The van der Waals surface area contributed by atoms with Crippen LogP contribution in [0, 0.1) is 6.92 Å². The Morgan fingerprint density at radius 2 is 1.70 bits per heavy atom. The van der Waals surface area contributed by atoms with Gasteiger partial charge in [-0.15, -0.1) is 0 Å². The molecule has 0 saturated carbocycles. The fourth-order valence-electron chi connectivity index (χ4n) is 3.41. The predicted molar refractivity (Wildman–Crippen MR) is 115 cm³/mol. The van der Waals surface area contributed by atoms with Gasteiger partial charge in [-0.3, -0.25) is 5.32 Å². The maximum atomic E-state index is 13.0. The molecule has 0 bridgehead atoms. The van der Waals surface area contributed by atoms with Crippen LogP contribution in [-0.4, -0.2) is 25.4 Å². The number of carbonyl (C=O) groups is 1. The first-order valence-electron chi connectivity index (χ1n) is 9.64. The van der Waals surface area contributed by atoms with E-state index >= 15 is 0 Å². The van der Waals surface area contributed by atoms with Gasteiger partial charge in [-0.2, -0.15) is 4.31 Å². The van der Waals surface area contributed by atoms with Gasteiger partial charge in [-0.05, 0) is 60.9 Å². The second-order valence-corrected chi connectivity index (χ2v) is 9.15. The van der Waals surface area contributed by atoms with Crippen LogP contribution in [0.25, 0.3) is 0 Å². The van der Waals surface area contributed by atoms with Crippen molar-refractivity contribution in [3.63, 3.8) is 0 Å². The molecule has 0 spiro atoms. The number of rotatable bonds is 4. The van der Waals surface area contributed by atoms with Crippen molar-refractivity contribution in [2.45, 2.75) is 24.8 Å². The first-order chi connectivity index (χ1) is 14.4. The van der Waals surface area contributed by atoms with Gasteiger partial charge in [-0.25, -0.2) is 13.2 Å². The lowest BCUT2D eigenvalue weighted by atomic mass is 10.0. The molecule has 1 heterocycles. The van der Waals surface area contributed by atoms with E-state index in [4.69, 9.17) is 4.74 Å². The highest BCUT2D eigenvalue weighted by Crippen LogP contribution is 2.27. The number of aryl methyl sites for hydroxylation is 1. The van der Waals surface area contributed by atoms with Gasteiger partial charge in [-0.1, -0.05) is 42.0 Å². The summed E-state index contributed by atoms with van der Waals surface area (Å²) in [6.45, 7) is 2.60. The largest absolute Gasteiger partial charge is 0.417 e. The molecule has 0 atom stereocenters. The smallest absolute Gasteiger partial charge is 0.410 e. The van der Waals surface area contributed by atoms with Crippen LogP contribution in [0.5, 0.6) is 5.75 Å². The highest BCUT2D eigenvalue weighted by atomic mass is 32.2. The van der Waals surface area contributed by atoms with Gasteiger partial charge in [0.2, 0.25) is 10.0 Å². The van der Waals surface area contributed by atoms with Crippen molar-refractivity contribution in [1.82, 2.24) is 4.31 Å². The Morgan fingerprint density at radius 3 is 2.43 bits per heavy atom. The molecule has 0 unspecified atom stereocenters. The molecule has 1 aliphatic rings. The lowest BCUT2D eigenvalue weighted by Gasteiger charge is -2.28. The molecule has 1 N–H and O–H groups in total. The third-order valence-electron chi connectivity index (χ3n) is 5.04. The normalized spacial score (nSPS) is 14.0. The quantitative estimate of drug-likeness (QED) is 0.678. The number of sulfonamides is 1. The van der Waals surface area contributed by atoms with E-state index in [0.29, 0.717) is 24.4 Å². The molecule has 0 saturated heterocycles. The average Bonchev–Trinajstić information content (AvgIpc) is 2.74. The topological polar surface area (TPSA) is 75.7 Å². The molecule has 1 amide bonds. The number of amides is 1. The summed E-state index contributed by atoms with van der Waals surface area (Å²) in [5.41, 5.74) is 3.52. The summed E-state index contributed by atoms with van der Waals surface area (Å²) in [5.74, 6) is 0.448. The summed E-state index contributed by atoms with van der Waals surface area (Å²) < 4.78 is 32.7. The Kier molecular flexibility index (Phi) is 5.57. The molecule has 0 aromatic heterocycles. The number of nitrogens with one attached hydrogen (secondary N) is 1. The molecule has 3 aromatic carbocycles. The molecule has 154 valence electrons. The van der Waals surface area contributed by atoms with Gasteiger partial charge in [0.1, 0.15) is 5.75 Å². The van der Waals surface area contributed by atoms with Crippen molar-refractivity contribution < 1.29 is 17.9 Å². The van der Waals surface area contributed by atoms with E-state index in [-0.39, 0.29) is 11.4 Å². The van der Waals surface area contributed by atoms with Crippen LogP contribution in [0.15, 0.2) is 77.7 Å². The van der Waals surface area contributed by atoms with Crippen molar-refractivity contribution >= 4 is 21.8 Å². The number of nitrogens with zero attached hydrogens (tertiary/aromatic N) is 1. The van der Waals surface area contributed by atoms with Crippen LogP contribution in [0.3, 0.4) is 0 Å². The van der Waals surface area contributed by atoms with Crippen molar-refractivity contribution in [1.29, 1.82) is 0 Å². The molecule has 6 nitrogen and oxygen atoms in total. The molecule has 7 heteroatoms. The van der Waals surface area contributed by atoms with Gasteiger partial charge in [0, 0.05) is 18.8 Å². The fourth-order valence-corrected chi connectivity index (χ4v) is 4.83. The van der Waals surface area contributed by atoms with E-state index in [0.717, 1.165) is 16.7 Å². The van der Waals surface area contributed by atoms with Crippen molar-refractivity contribution in [2.75, 3.05) is 11.9 Å². The minimum Gasteiger partial charge on any atom is -0.410 e. The Labute approximate surface area is 176 Å². The molecule has 1 aliphatic heterocycles. The Balaban J connectivity index is 1.49. The average molecular weight is 423 g/mol. The van der Waals surface area contributed by atoms with E-state index in [2.05, 4.69) is 5.32 Å². The molecular weight excluding hydrogens is 400 g/mol. The zero-order valence-corrected chi connectivity index (χ0v) is 17.4. The third kappa shape index (κ3) is 4.37. The summed E-state index contributed by atoms with van der Waals surface area (Å²) in [4.78, 5) is 12.4. The number of benzene rings is 3. The zero-order valence-electron chi connectivity index (χ0n) is 16.5. The lowest BCUT2D eigenvalue weighted by molar-refractivity contribution is 0.215. The number of ether oxygens (including phenoxy) is 1. The first kappa shape index (κ1) is 20.1. The monoisotopic (exact) mass is 422 g/mol. The van der Waals surface area contributed by atoms with Crippen LogP contribution in [0.4, 0.5) is 10.5 Å². The summed E-state index contributed by atoms with van der Waals surface area (Å²) in [6.07, 6.45) is 0.0240. The molecular formula is C23H22N2O4S. The van der Waals surface area contributed by atoms with E-state index in [1.54, 1.807) is 60.7 Å². The zero-order chi connectivity index (χ0) is 21.1. The molecule has 4 rings (SSSR count). The summed E-state index contributed by atoms with van der Waals surface area (Å²) in [6, 6.07) is 21.2. The van der Waals surface area contributed by atoms with Gasteiger partial charge in [0.25, 0.3) is 0 Å². The minimum absolute atomic E-state index is 0.259. The third-order valence-corrected chi connectivity index (χ3v) is 6.90. The van der Waals surface area contributed by atoms with Crippen LogP contribution in [0.1, 0.15) is 16.7 Å². The van der Waals surface area contributed by atoms with Crippen LogP contribution >= 0.6 is 0 Å². The van der Waals surface area contributed by atoms with Gasteiger partial charge in [0.15, 0.2) is 0 Å². The van der Waals surface area contributed by atoms with Crippen LogP contribution in [-0.2, 0) is 23.0 Å². The van der Waals surface area contributed by atoms with Crippen molar-refractivity contribution in [2.24, 2.45) is 0 Å². The van der Waals surface area contributed by atoms with E-state index in [1.807, 2.05) is 19.1 Å². The molecule has 0 aliphatic carbocycles. The summed E-state index contributed by atoms with van der Waals surface area (Å²) in [5, 5.41) is 2.70. The van der Waals surface area contributed by atoms with Crippen molar-refractivity contribution in [3.05, 3.63) is 89.5 Å². The van der Waals surface area contributed by atoms with Gasteiger partial charge >= 0.3 is 6.09 Å². The first-order valence-corrected chi connectivity index (χ1v) is 11.1. The number of para-hydroxylation sites is 1.